The summed E-state index contributed by atoms with van der Waals surface area (Å²) in [5, 5.41) is 11.0. The zero-order valence-electron chi connectivity index (χ0n) is 17.5. The number of rotatable bonds is 8. The topological polar surface area (TPSA) is 99.2 Å². The van der Waals surface area contributed by atoms with Gasteiger partial charge in [0.05, 0.1) is 18.8 Å². The molecular formula is C24H22N4O4. The van der Waals surface area contributed by atoms with Gasteiger partial charge in [-0.05, 0) is 37.3 Å². The molecule has 0 saturated heterocycles. The molecule has 8 nitrogen and oxygen atoms in total. The van der Waals surface area contributed by atoms with Crippen molar-refractivity contribution in [3.63, 3.8) is 0 Å². The fourth-order valence-corrected chi connectivity index (χ4v) is 3.14. The maximum atomic E-state index is 12.4. The van der Waals surface area contributed by atoms with Crippen LogP contribution in [-0.4, -0.2) is 34.0 Å². The van der Waals surface area contributed by atoms with Gasteiger partial charge in [0, 0.05) is 29.8 Å². The van der Waals surface area contributed by atoms with Crippen molar-refractivity contribution in [3.05, 3.63) is 88.8 Å². The smallest absolute Gasteiger partial charge is 0.273 e. The molecular weight excluding hydrogens is 408 g/mol. The molecule has 8 heteroatoms. The van der Waals surface area contributed by atoms with E-state index in [1.807, 2.05) is 61.5 Å². The van der Waals surface area contributed by atoms with Gasteiger partial charge in [-0.25, -0.2) is 4.68 Å². The predicted molar refractivity (Wildman–Crippen MR) is 119 cm³/mol. The number of amides is 1. The quantitative estimate of drug-likeness (QED) is 0.460. The molecule has 2 aromatic carbocycles. The second kappa shape index (κ2) is 9.74. The highest BCUT2D eigenvalue weighted by molar-refractivity contribution is 5.93. The molecule has 0 aliphatic heterocycles. The summed E-state index contributed by atoms with van der Waals surface area (Å²) >= 11 is 0. The van der Waals surface area contributed by atoms with Gasteiger partial charge in [-0.2, -0.15) is 5.10 Å². The highest BCUT2D eigenvalue weighted by Crippen LogP contribution is 2.20. The minimum absolute atomic E-state index is 0.173. The van der Waals surface area contributed by atoms with Crippen molar-refractivity contribution in [2.24, 2.45) is 0 Å². The first-order chi connectivity index (χ1) is 15.6. The predicted octanol–water partition coefficient (Wildman–Crippen LogP) is 3.39. The summed E-state index contributed by atoms with van der Waals surface area (Å²) < 4.78 is 12.0. The van der Waals surface area contributed by atoms with Crippen LogP contribution in [0.1, 0.15) is 17.4 Å². The molecule has 0 radical (unpaired) electrons. The lowest BCUT2D eigenvalue weighted by atomic mass is 10.1. The van der Waals surface area contributed by atoms with Gasteiger partial charge in [0.1, 0.15) is 5.75 Å². The SMILES string of the molecule is CCOc1ccc(-c2ccc(=O)n(CCNC(=O)c3cc(-c4ccccc4)on3)n2)cc1. The number of carbonyl (C=O) groups is 1. The molecule has 2 heterocycles. The number of nitrogens with one attached hydrogen (secondary N) is 1. The third kappa shape index (κ3) is 4.92. The Morgan fingerprint density at radius 1 is 1.03 bits per heavy atom. The van der Waals surface area contributed by atoms with Crippen molar-refractivity contribution in [2.75, 3.05) is 13.2 Å². The first-order valence-electron chi connectivity index (χ1n) is 10.3. The number of carbonyl (C=O) groups excluding carboxylic acids is 1. The van der Waals surface area contributed by atoms with Crippen LogP contribution in [0.4, 0.5) is 0 Å². The third-order valence-corrected chi connectivity index (χ3v) is 4.74. The maximum Gasteiger partial charge on any atom is 0.273 e. The molecule has 0 saturated carbocycles. The van der Waals surface area contributed by atoms with E-state index < -0.39 is 0 Å². The molecule has 0 atom stereocenters. The lowest BCUT2D eigenvalue weighted by Crippen LogP contribution is -2.32. The van der Waals surface area contributed by atoms with E-state index in [0.717, 1.165) is 16.9 Å². The van der Waals surface area contributed by atoms with Gasteiger partial charge in [-0.15, -0.1) is 0 Å². The van der Waals surface area contributed by atoms with Crippen molar-refractivity contribution in [1.29, 1.82) is 0 Å². The highest BCUT2D eigenvalue weighted by Gasteiger charge is 2.13. The van der Waals surface area contributed by atoms with Crippen LogP contribution in [0.3, 0.4) is 0 Å². The minimum atomic E-state index is -0.383. The summed E-state index contributed by atoms with van der Waals surface area (Å²) in [6, 6.07) is 21.6. The summed E-state index contributed by atoms with van der Waals surface area (Å²) in [6.45, 7) is 2.95. The van der Waals surface area contributed by atoms with Crippen LogP contribution in [0.5, 0.6) is 5.75 Å². The molecule has 0 aliphatic carbocycles. The average Bonchev–Trinajstić information content (AvgIpc) is 3.32. The zero-order chi connectivity index (χ0) is 22.3. The minimum Gasteiger partial charge on any atom is -0.494 e. The number of benzene rings is 2. The van der Waals surface area contributed by atoms with Crippen LogP contribution in [0, 0.1) is 0 Å². The Balaban J connectivity index is 1.38. The monoisotopic (exact) mass is 430 g/mol. The molecule has 4 aromatic rings. The highest BCUT2D eigenvalue weighted by atomic mass is 16.5. The summed E-state index contributed by atoms with van der Waals surface area (Å²) in [7, 11) is 0. The second-order valence-corrected chi connectivity index (χ2v) is 6.94. The van der Waals surface area contributed by atoms with Gasteiger partial charge in [0.25, 0.3) is 11.5 Å². The van der Waals surface area contributed by atoms with Gasteiger partial charge in [0.2, 0.25) is 0 Å². The molecule has 162 valence electrons. The Hall–Kier alpha value is -4.20. The molecule has 0 aliphatic rings. The normalized spacial score (nSPS) is 10.7. The lowest BCUT2D eigenvalue weighted by Gasteiger charge is -2.08. The molecule has 0 fully saturated rings. The van der Waals surface area contributed by atoms with Crippen LogP contribution >= 0.6 is 0 Å². The van der Waals surface area contributed by atoms with Gasteiger partial charge >= 0.3 is 0 Å². The van der Waals surface area contributed by atoms with E-state index >= 15 is 0 Å². The van der Waals surface area contributed by atoms with Crippen LogP contribution in [0.25, 0.3) is 22.6 Å². The number of nitrogens with zero attached hydrogens (tertiary/aromatic N) is 3. The first kappa shape index (κ1) is 21.0. The molecule has 1 N–H and O–H groups in total. The zero-order valence-corrected chi connectivity index (χ0v) is 17.5. The number of ether oxygens (including phenoxy) is 1. The summed E-state index contributed by atoms with van der Waals surface area (Å²) in [5.41, 5.74) is 2.28. The Bertz CT molecular complexity index is 1250. The Morgan fingerprint density at radius 2 is 1.81 bits per heavy atom. The van der Waals surface area contributed by atoms with E-state index in [2.05, 4.69) is 15.6 Å². The summed E-state index contributed by atoms with van der Waals surface area (Å²) in [6.07, 6.45) is 0. The maximum absolute atomic E-state index is 12.4. The molecule has 1 amide bonds. The third-order valence-electron chi connectivity index (χ3n) is 4.74. The summed E-state index contributed by atoms with van der Waals surface area (Å²) in [5.74, 6) is 0.902. The van der Waals surface area contributed by atoms with Crippen molar-refractivity contribution in [1.82, 2.24) is 20.3 Å². The van der Waals surface area contributed by atoms with E-state index in [9.17, 15) is 9.59 Å². The van der Waals surface area contributed by atoms with Crippen molar-refractivity contribution in [3.8, 4) is 28.3 Å². The fourth-order valence-electron chi connectivity index (χ4n) is 3.14. The number of aromatic nitrogens is 3. The van der Waals surface area contributed by atoms with Gasteiger partial charge in [-0.1, -0.05) is 35.5 Å². The Kier molecular flexibility index (Phi) is 6.41. The Labute approximate surface area is 184 Å². The van der Waals surface area contributed by atoms with E-state index in [-0.39, 0.29) is 30.2 Å². The number of hydrogen-bond acceptors (Lipinski definition) is 6. The van der Waals surface area contributed by atoms with Crippen LogP contribution in [0.2, 0.25) is 0 Å². The van der Waals surface area contributed by atoms with E-state index in [0.29, 0.717) is 18.1 Å². The standard InChI is InChI=1S/C24H22N4O4/c1-2-31-19-10-8-17(9-11-19)20-12-13-23(29)28(26-20)15-14-25-24(30)21-16-22(32-27-21)18-6-4-3-5-7-18/h3-13,16H,2,14-15H2,1H3,(H,25,30). The molecule has 32 heavy (non-hydrogen) atoms. The van der Waals surface area contributed by atoms with Gasteiger partial charge < -0.3 is 14.6 Å². The van der Waals surface area contributed by atoms with Crippen molar-refractivity contribution in [2.45, 2.75) is 13.5 Å². The van der Waals surface area contributed by atoms with E-state index in [1.165, 1.54) is 10.7 Å². The average molecular weight is 430 g/mol. The second-order valence-electron chi connectivity index (χ2n) is 6.94. The van der Waals surface area contributed by atoms with Crippen LogP contribution < -0.4 is 15.6 Å². The largest absolute Gasteiger partial charge is 0.494 e. The van der Waals surface area contributed by atoms with Gasteiger partial charge in [0.15, 0.2) is 11.5 Å². The van der Waals surface area contributed by atoms with Crippen LogP contribution in [-0.2, 0) is 6.54 Å². The first-order valence-corrected chi connectivity index (χ1v) is 10.3. The molecule has 0 spiro atoms. The van der Waals surface area contributed by atoms with E-state index in [1.54, 1.807) is 12.1 Å². The van der Waals surface area contributed by atoms with Gasteiger partial charge in [-0.3, -0.25) is 9.59 Å². The molecule has 0 unspecified atom stereocenters. The van der Waals surface area contributed by atoms with E-state index in [4.69, 9.17) is 9.26 Å². The fraction of sp³-hybridized carbons (Fsp3) is 0.167. The number of hydrogen-bond donors (Lipinski definition) is 1. The molecule has 2 aromatic heterocycles. The van der Waals surface area contributed by atoms with Crippen molar-refractivity contribution >= 4 is 5.91 Å². The Morgan fingerprint density at radius 3 is 2.56 bits per heavy atom. The summed E-state index contributed by atoms with van der Waals surface area (Å²) in [4.78, 5) is 24.6. The van der Waals surface area contributed by atoms with Crippen molar-refractivity contribution < 1.29 is 14.1 Å². The molecule has 4 rings (SSSR count). The lowest BCUT2D eigenvalue weighted by molar-refractivity contribution is 0.0943. The molecule has 0 bridgehead atoms. The van der Waals surface area contributed by atoms with Crippen LogP contribution in [0.15, 0.2) is 82.1 Å².